The van der Waals surface area contributed by atoms with Crippen LogP contribution in [0.15, 0.2) is 16.9 Å². The molecule has 0 fully saturated rings. The third kappa shape index (κ3) is 2.87. The number of carbonyl (C=O) groups is 1. The Labute approximate surface area is 117 Å². The first-order chi connectivity index (χ1) is 9.55. The number of methoxy groups -OCH3 is 1. The number of rotatable bonds is 5. The first-order valence-corrected chi connectivity index (χ1v) is 6.61. The van der Waals surface area contributed by atoms with Crippen molar-refractivity contribution in [2.45, 2.75) is 26.7 Å². The van der Waals surface area contributed by atoms with Crippen LogP contribution < -0.4 is 10.3 Å². The summed E-state index contributed by atoms with van der Waals surface area (Å²) in [6.45, 7) is 4.25. The fourth-order valence-corrected chi connectivity index (χ4v) is 2.04. The van der Waals surface area contributed by atoms with Crippen LogP contribution in [0, 0.1) is 5.92 Å². The summed E-state index contributed by atoms with van der Waals surface area (Å²) in [6, 6.07) is 3.15. The maximum absolute atomic E-state index is 12.1. The molecule has 0 amide bonds. The van der Waals surface area contributed by atoms with E-state index in [-0.39, 0.29) is 5.56 Å². The van der Waals surface area contributed by atoms with Gasteiger partial charge in [0, 0.05) is 12.5 Å². The van der Waals surface area contributed by atoms with E-state index in [2.05, 4.69) is 23.8 Å². The Hall–Kier alpha value is -2.17. The fourth-order valence-electron chi connectivity index (χ4n) is 2.04. The van der Waals surface area contributed by atoms with Crippen molar-refractivity contribution in [1.82, 2.24) is 9.97 Å². The number of nitrogens with one attached hydrogen (secondary N) is 1. The Kier molecular flexibility index (Phi) is 4.17. The number of fused-ring (bicyclic) bond motifs is 1. The summed E-state index contributed by atoms with van der Waals surface area (Å²) in [5.41, 5.74) is 0.677. The quantitative estimate of drug-likeness (QED) is 0.849. The smallest absolute Gasteiger partial charge is 0.258 e. The molecule has 5 heteroatoms. The van der Waals surface area contributed by atoms with Crippen LogP contribution in [-0.4, -0.2) is 23.4 Å². The van der Waals surface area contributed by atoms with Gasteiger partial charge in [-0.25, -0.2) is 4.98 Å². The summed E-state index contributed by atoms with van der Waals surface area (Å²) >= 11 is 0. The van der Waals surface area contributed by atoms with Gasteiger partial charge in [-0.05, 0) is 18.4 Å². The molecule has 0 bridgehead atoms. The van der Waals surface area contributed by atoms with Gasteiger partial charge in [0.2, 0.25) is 0 Å². The van der Waals surface area contributed by atoms with Crippen molar-refractivity contribution in [3.05, 3.63) is 33.9 Å². The van der Waals surface area contributed by atoms with Gasteiger partial charge in [0.1, 0.15) is 11.6 Å². The van der Waals surface area contributed by atoms with Gasteiger partial charge >= 0.3 is 0 Å². The lowest BCUT2D eigenvalue weighted by atomic mass is 10.1. The summed E-state index contributed by atoms with van der Waals surface area (Å²) in [5, 5.41) is 0.404. The number of nitrogens with zero attached hydrogens (tertiary/aromatic N) is 1. The third-order valence-electron chi connectivity index (χ3n) is 3.19. The second kappa shape index (κ2) is 5.86. The lowest BCUT2D eigenvalue weighted by Gasteiger charge is -2.08. The molecule has 0 spiro atoms. The predicted octanol–water partition coefficient (Wildman–Crippen LogP) is 2.33. The molecule has 2 rings (SSSR count). The van der Waals surface area contributed by atoms with Crippen molar-refractivity contribution < 1.29 is 9.53 Å². The Bertz CT molecular complexity index is 689. The van der Waals surface area contributed by atoms with Crippen LogP contribution in [0.4, 0.5) is 0 Å². The lowest BCUT2D eigenvalue weighted by molar-refractivity contribution is 0.112. The average Bonchev–Trinajstić information content (AvgIpc) is 2.43. The SMILES string of the molecule is COc1cc2nc(CCC(C)C)[nH]c(=O)c2cc1C=O. The zero-order chi connectivity index (χ0) is 14.7. The highest BCUT2D eigenvalue weighted by molar-refractivity contribution is 5.89. The monoisotopic (exact) mass is 274 g/mol. The van der Waals surface area contributed by atoms with Gasteiger partial charge in [-0.15, -0.1) is 0 Å². The fraction of sp³-hybridized carbons (Fsp3) is 0.400. The molecule has 0 aliphatic carbocycles. The van der Waals surface area contributed by atoms with Crippen LogP contribution in [0.5, 0.6) is 5.75 Å². The standard InChI is InChI=1S/C15H18N2O3/c1-9(2)4-5-14-16-12-7-13(20-3)10(8-18)6-11(12)15(19)17-14/h6-9H,4-5H2,1-3H3,(H,16,17,19). The molecular formula is C15H18N2O3. The minimum absolute atomic E-state index is 0.223. The van der Waals surface area contributed by atoms with Crippen LogP contribution in [0.1, 0.15) is 36.5 Å². The van der Waals surface area contributed by atoms with Crippen molar-refractivity contribution in [3.8, 4) is 5.75 Å². The van der Waals surface area contributed by atoms with E-state index in [1.165, 1.54) is 13.2 Å². The molecule has 0 unspecified atom stereocenters. The van der Waals surface area contributed by atoms with Gasteiger partial charge < -0.3 is 9.72 Å². The normalized spacial score (nSPS) is 11.0. The molecule has 0 saturated carbocycles. The maximum Gasteiger partial charge on any atom is 0.258 e. The van der Waals surface area contributed by atoms with Crippen molar-refractivity contribution in [1.29, 1.82) is 0 Å². The van der Waals surface area contributed by atoms with Gasteiger partial charge in [-0.1, -0.05) is 13.8 Å². The van der Waals surface area contributed by atoms with Crippen molar-refractivity contribution in [2.24, 2.45) is 5.92 Å². The molecule has 2 aromatic rings. The zero-order valence-electron chi connectivity index (χ0n) is 11.9. The number of H-pyrrole nitrogens is 1. The Morgan fingerprint density at radius 2 is 2.15 bits per heavy atom. The molecule has 20 heavy (non-hydrogen) atoms. The topological polar surface area (TPSA) is 72.0 Å². The average molecular weight is 274 g/mol. The van der Waals surface area contributed by atoms with Crippen LogP contribution in [0.2, 0.25) is 0 Å². The molecule has 1 aromatic heterocycles. The number of aromatic nitrogens is 2. The highest BCUT2D eigenvalue weighted by atomic mass is 16.5. The van der Waals surface area contributed by atoms with Crippen molar-refractivity contribution >= 4 is 17.2 Å². The summed E-state index contributed by atoms with van der Waals surface area (Å²) in [6.07, 6.45) is 2.35. The summed E-state index contributed by atoms with van der Waals surface area (Å²) in [5.74, 6) is 1.64. The molecule has 0 atom stereocenters. The third-order valence-corrected chi connectivity index (χ3v) is 3.19. The number of aldehydes is 1. The van der Waals surface area contributed by atoms with Crippen molar-refractivity contribution in [2.75, 3.05) is 7.11 Å². The van der Waals surface area contributed by atoms with E-state index in [0.717, 1.165) is 12.8 Å². The zero-order valence-corrected chi connectivity index (χ0v) is 11.9. The van der Waals surface area contributed by atoms with Gasteiger partial charge in [-0.2, -0.15) is 0 Å². The number of benzene rings is 1. The minimum Gasteiger partial charge on any atom is -0.496 e. The number of hydrogen-bond donors (Lipinski definition) is 1. The Balaban J connectivity index is 2.53. The van der Waals surface area contributed by atoms with E-state index in [9.17, 15) is 9.59 Å². The molecule has 0 radical (unpaired) electrons. The largest absolute Gasteiger partial charge is 0.496 e. The van der Waals surface area contributed by atoms with E-state index in [0.29, 0.717) is 40.2 Å². The van der Waals surface area contributed by atoms with Gasteiger partial charge in [0.25, 0.3) is 5.56 Å². The molecular weight excluding hydrogens is 256 g/mol. The van der Waals surface area contributed by atoms with E-state index in [1.54, 1.807) is 6.07 Å². The molecule has 0 aliphatic rings. The van der Waals surface area contributed by atoms with Crippen LogP contribution >= 0.6 is 0 Å². The Morgan fingerprint density at radius 3 is 2.75 bits per heavy atom. The molecule has 106 valence electrons. The summed E-state index contributed by atoms with van der Waals surface area (Å²) < 4.78 is 5.14. The number of ether oxygens (including phenoxy) is 1. The molecule has 0 aliphatic heterocycles. The van der Waals surface area contributed by atoms with Crippen LogP contribution in [0.25, 0.3) is 10.9 Å². The molecule has 0 saturated heterocycles. The van der Waals surface area contributed by atoms with Gasteiger partial charge in [0.05, 0.1) is 23.6 Å². The number of aryl methyl sites for hydroxylation is 1. The molecule has 1 heterocycles. The van der Waals surface area contributed by atoms with Gasteiger partial charge in [-0.3, -0.25) is 9.59 Å². The summed E-state index contributed by atoms with van der Waals surface area (Å²) in [4.78, 5) is 30.2. The van der Waals surface area contributed by atoms with Crippen LogP contribution in [-0.2, 0) is 6.42 Å². The van der Waals surface area contributed by atoms with Crippen molar-refractivity contribution in [3.63, 3.8) is 0 Å². The van der Waals surface area contributed by atoms with E-state index in [4.69, 9.17) is 4.74 Å². The lowest BCUT2D eigenvalue weighted by Crippen LogP contribution is -2.13. The minimum atomic E-state index is -0.223. The number of carbonyl (C=O) groups excluding carboxylic acids is 1. The van der Waals surface area contributed by atoms with E-state index >= 15 is 0 Å². The van der Waals surface area contributed by atoms with Crippen LogP contribution in [0.3, 0.4) is 0 Å². The van der Waals surface area contributed by atoms with Gasteiger partial charge in [0.15, 0.2) is 6.29 Å². The van der Waals surface area contributed by atoms with E-state index in [1.807, 2.05) is 0 Å². The Morgan fingerprint density at radius 1 is 1.40 bits per heavy atom. The highest BCUT2D eigenvalue weighted by Gasteiger charge is 2.10. The predicted molar refractivity (Wildman–Crippen MR) is 77.5 cm³/mol. The highest BCUT2D eigenvalue weighted by Crippen LogP contribution is 2.21. The second-order valence-corrected chi connectivity index (χ2v) is 5.17. The maximum atomic E-state index is 12.1. The molecule has 5 nitrogen and oxygen atoms in total. The first-order valence-electron chi connectivity index (χ1n) is 6.61. The number of hydrogen-bond acceptors (Lipinski definition) is 4. The van der Waals surface area contributed by atoms with E-state index < -0.39 is 0 Å². The second-order valence-electron chi connectivity index (χ2n) is 5.17. The molecule has 1 aromatic carbocycles. The number of aromatic amines is 1. The first kappa shape index (κ1) is 14.2. The summed E-state index contributed by atoms with van der Waals surface area (Å²) in [7, 11) is 1.49. The molecule has 1 N–H and O–H groups in total.